The lowest BCUT2D eigenvalue weighted by atomic mass is 9.89. The normalized spacial score (nSPS) is 21.6. The number of carbonyl (C=O) groups is 1. The smallest absolute Gasteiger partial charge is 0.219 e. The minimum absolute atomic E-state index is 0.205. The predicted molar refractivity (Wildman–Crippen MR) is 95.2 cm³/mol. The first-order chi connectivity index (χ1) is 11.2. The van der Waals surface area contributed by atoms with Crippen LogP contribution in [-0.2, 0) is 11.3 Å². The Morgan fingerprint density at radius 3 is 2.74 bits per heavy atom. The lowest BCUT2D eigenvalue weighted by Crippen LogP contribution is -2.50. The van der Waals surface area contributed by atoms with Crippen LogP contribution in [0, 0.1) is 5.92 Å². The number of hydrogen-bond donors (Lipinski definition) is 1. The molecule has 0 aliphatic carbocycles. The molecule has 23 heavy (non-hydrogen) atoms. The van der Waals surface area contributed by atoms with E-state index in [4.69, 9.17) is 0 Å². The van der Waals surface area contributed by atoms with Gasteiger partial charge < -0.3 is 10.2 Å². The average molecular weight is 310 g/mol. The molecule has 3 heteroatoms. The molecule has 0 radical (unpaired) electrons. The summed E-state index contributed by atoms with van der Waals surface area (Å²) in [5, 5.41) is 6.31. The number of nitrogens with zero attached hydrogens (tertiary/aromatic N) is 1. The van der Waals surface area contributed by atoms with E-state index >= 15 is 0 Å². The van der Waals surface area contributed by atoms with Gasteiger partial charge in [0.1, 0.15) is 0 Å². The molecule has 3 rings (SSSR count). The Hall–Kier alpha value is -1.87. The number of hydrogen-bond acceptors (Lipinski definition) is 2. The van der Waals surface area contributed by atoms with Gasteiger partial charge >= 0.3 is 0 Å². The Morgan fingerprint density at radius 1 is 1.22 bits per heavy atom. The second-order valence-corrected chi connectivity index (χ2v) is 6.59. The molecular weight excluding hydrogens is 284 g/mol. The number of nitrogens with one attached hydrogen (secondary N) is 1. The van der Waals surface area contributed by atoms with Crippen molar-refractivity contribution in [2.75, 3.05) is 13.1 Å². The van der Waals surface area contributed by atoms with Crippen molar-refractivity contribution >= 4 is 16.7 Å². The van der Waals surface area contributed by atoms with Gasteiger partial charge in [-0.15, -0.1) is 0 Å². The van der Waals surface area contributed by atoms with E-state index in [9.17, 15) is 4.79 Å². The van der Waals surface area contributed by atoms with E-state index in [-0.39, 0.29) is 5.91 Å². The third-order valence-electron chi connectivity index (χ3n) is 5.09. The highest BCUT2D eigenvalue weighted by Crippen LogP contribution is 2.21. The Kier molecular flexibility index (Phi) is 4.97. The quantitative estimate of drug-likeness (QED) is 0.936. The molecule has 1 amide bonds. The Bertz CT molecular complexity index is 682. The van der Waals surface area contributed by atoms with Crippen LogP contribution in [0.5, 0.6) is 0 Å². The Labute approximate surface area is 138 Å². The minimum Gasteiger partial charge on any atom is -0.343 e. The maximum Gasteiger partial charge on any atom is 0.219 e. The molecule has 2 aromatic rings. The zero-order valence-corrected chi connectivity index (χ0v) is 14.1. The highest BCUT2D eigenvalue weighted by atomic mass is 16.2. The van der Waals surface area contributed by atoms with Crippen LogP contribution < -0.4 is 5.32 Å². The summed E-state index contributed by atoms with van der Waals surface area (Å²) in [6.07, 6.45) is 2.16. The van der Waals surface area contributed by atoms with Gasteiger partial charge in [-0.2, -0.15) is 0 Å². The zero-order valence-electron chi connectivity index (χ0n) is 14.1. The largest absolute Gasteiger partial charge is 0.343 e. The Morgan fingerprint density at radius 2 is 2.00 bits per heavy atom. The van der Waals surface area contributed by atoms with Crippen LogP contribution in [0.2, 0.25) is 0 Å². The van der Waals surface area contributed by atoms with E-state index in [2.05, 4.69) is 54.7 Å². The standard InChI is InChI=1S/C20H26N2O/c1-3-17-14-22(15(2)23)11-10-20(17)21-13-16-8-9-18-6-4-5-7-19(18)12-16/h4-9,12,17,20-21H,3,10-11,13-14H2,1-2H3. The fourth-order valence-electron chi connectivity index (χ4n) is 3.60. The number of benzene rings is 2. The maximum atomic E-state index is 11.6. The summed E-state index contributed by atoms with van der Waals surface area (Å²) < 4.78 is 0. The maximum absolute atomic E-state index is 11.6. The van der Waals surface area contributed by atoms with Crippen LogP contribution in [0.3, 0.4) is 0 Å². The summed E-state index contributed by atoms with van der Waals surface area (Å²) in [5.74, 6) is 0.754. The van der Waals surface area contributed by atoms with E-state index in [1.807, 2.05) is 4.90 Å². The average Bonchev–Trinajstić information content (AvgIpc) is 2.59. The van der Waals surface area contributed by atoms with Crippen molar-refractivity contribution in [3.63, 3.8) is 0 Å². The van der Waals surface area contributed by atoms with Gasteiger partial charge in [-0.1, -0.05) is 49.7 Å². The van der Waals surface area contributed by atoms with Crippen molar-refractivity contribution in [1.82, 2.24) is 10.2 Å². The van der Waals surface area contributed by atoms with Crippen molar-refractivity contribution < 1.29 is 4.79 Å². The van der Waals surface area contributed by atoms with Crippen LogP contribution >= 0.6 is 0 Å². The number of fused-ring (bicyclic) bond motifs is 1. The fraction of sp³-hybridized carbons (Fsp3) is 0.450. The lowest BCUT2D eigenvalue weighted by Gasteiger charge is -2.38. The number of piperidine rings is 1. The molecule has 1 saturated heterocycles. The first kappa shape index (κ1) is 16.0. The monoisotopic (exact) mass is 310 g/mol. The van der Waals surface area contributed by atoms with Gasteiger partial charge in [0.2, 0.25) is 5.91 Å². The minimum atomic E-state index is 0.205. The fourth-order valence-corrected chi connectivity index (χ4v) is 3.60. The highest BCUT2D eigenvalue weighted by Gasteiger charge is 2.28. The second kappa shape index (κ2) is 7.14. The summed E-state index contributed by atoms with van der Waals surface area (Å²) in [7, 11) is 0. The summed E-state index contributed by atoms with van der Waals surface area (Å²) in [6.45, 7) is 6.56. The molecule has 122 valence electrons. The van der Waals surface area contributed by atoms with Gasteiger partial charge in [0.05, 0.1) is 0 Å². The lowest BCUT2D eigenvalue weighted by molar-refractivity contribution is -0.131. The summed E-state index contributed by atoms with van der Waals surface area (Å²) in [5.41, 5.74) is 1.33. The van der Waals surface area contributed by atoms with Crippen LogP contribution in [0.4, 0.5) is 0 Å². The summed E-state index contributed by atoms with van der Waals surface area (Å²) in [6, 6.07) is 15.7. The number of carbonyl (C=O) groups excluding carboxylic acids is 1. The summed E-state index contributed by atoms with van der Waals surface area (Å²) in [4.78, 5) is 13.6. The molecule has 1 N–H and O–H groups in total. The molecule has 1 heterocycles. The van der Waals surface area contributed by atoms with Gasteiger partial charge in [0.25, 0.3) is 0 Å². The van der Waals surface area contributed by atoms with E-state index in [1.165, 1.54) is 16.3 Å². The van der Waals surface area contributed by atoms with Crippen molar-refractivity contribution in [3.05, 3.63) is 48.0 Å². The zero-order chi connectivity index (χ0) is 16.2. The SMILES string of the molecule is CCC1CN(C(C)=O)CCC1NCc1ccc2ccccc2c1. The van der Waals surface area contributed by atoms with Gasteiger partial charge in [0.15, 0.2) is 0 Å². The van der Waals surface area contributed by atoms with Crippen molar-refractivity contribution in [2.45, 2.75) is 39.3 Å². The highest BCUT2D eigenvalue weighted by molar-refractivity contribution is 5.82. The molecular formula is C20H26N2O. The first-order valence-corrected chi connectivity index (χ1v) is 8.64. The van der Waals surface area contributed by atoms with E-state index in [0.717, 1.165) is 32.5 Å². The molecule has 2 aromatic carbocycles. The van der Waals surface area contributed by atoms with Crippen LogP contribution in [0.1, 0.15) is 32.3 Å². The predicted octanol–water partition coefficient (Wildman–Crippen LogP) is 3.58. The van der Waals surface area contributed by atoms with Crippen molar-refractivity contribution in [2.24, 2.45) is 5.92 Å². The van der Waals surface area contributed by atoms with Crippen LogP contribution in [0.15, 0.2) is 42.5 Å². The molecule has 1 aliphatic rings. The molecule has 3 nitrogen and oxygen atoms in total. The summed E-state index contributed by atoms with van der Waals surface area (Å²) >= 11 is 0. The van der Waals surface area contributed by atoms with Gasteiger partial charge in [0, 0.05) is 32.6 Å². The van der Waals surface area contributed by atoms with E-state index in [1.54, 1.807) is 6.92 Å². The van der Waals surface area contributed by atoms with E-state index < -0.39 is 0 Å². The van der Waals surface area contributed by atoms with Gasteiger partial charge in [-0.05, 0) is 34.7 Å². The molecule has 0 saturated carbocycles. The van der Waals surface area contributed by atoms with E-state index in [0.29, 0.717) is 12.0 Å². The molecule has 1 aliphatic heterocycles. The third-order valence-corrected chi connectivity index (χ3v) is 5.09. The molecule has 0 bridgehead atoms. The first-order valence-electron chi connectivity index (χ1n) is 8.64. The molecule has 1 fully saturated rings. The topological polar surface area (TPSA) is 32.3 Å². The molecule has 0 spiro atoms. The van der Waals surface area contributed by atoms with Crippen molar-refractivity contribution in [3.8, 4) is 0 Å². The molecule has 0 aromatic heterocycles. The third kappa shape index (κ3) is 3.73. The van der Waals surface area contributed by atoms with Gasteiger partial charge in [-0.25, -0.2) is 0 Å². The molecule has 2 atom stereocenters. The van der Waals surface area contributed by atoms with Crippen LogP contribution in [-0.4, -0.2) is 29.9 Å². The molecule has 2 unspecified atom stereocenters. The van der Waals surface area contributed by atoms with Gasteiger partial charge in [-0.3, -0.25) is 4.79 Å². The Balaban J connectivity index is 1.63. The number of rotatable bonds is 4. The number of likely N-dealkylation sites (tertiary alicyclic amines) is 1. The number of amides is 1. The second-order valence-electron chi connectivity index (χ2n) is 6.59. The van der Waals surface area contributed by atoms with Crippen molar-refractivity contribution in [1.29, 1.82) is 0 Å². The van der Waals surface area contributed by atoms with Crippen LogP contribution in [0.25, 0.3) is 10.8 Å².